The number of benzene rings is 3. The largest absolute Gasteiger partial charge is 0.497 e. The molecule has 3 aromatic carbocycles. The summed E-state index contributed by atoms with van der Waals surface area (Å²) in [6, 6.07) is 21.7. The fourth-order valence-corrected chi connectivity index (χ4v) is 4.30. The number of methoxy groups -OCH3 is 2. The number of ether oxygens (including phenoxy) is 2. The fourth-order valence-electron chi connectivity index (χ4n) is 4.30. The highest BCUT2D eigenvalue weighted by molar-refractivity contribution is 6.25. The van der Waals surface area contributed by atoms with Crippen LogP contribution in [0.1, 0.15) is 22.8 Å². The second-order valence-corrected chi connectivity index (χ2v) is 8.87. The molecule has 1 aliphatic rings. The molecule has 3 aromatic rings. The molecule has 0 spiro atoms. The summed E-state index contributed by atoms with van der Waals surface area (Å²) in [7, 11) is 3.09. The first kappa shape index (κ1) is 26.5. The highest BCUT2D eigenvalue weighted by Crippen LogP contribution is 2.27. The molecule has 2 amide bonds. The van der Waals surface area contributed by atoms with E-state index in [4.69, 9.17) is 9.47 Å². The van der Waals surface area contributed by atoms with Crippen molar-refractivity contribution in [3.63, 3.8) is 0 Å². The molecule has 1 saturated heterocycles. The van der Waals surface area contributed by atoms with Gasteiger partial charge in [0.2, 0.25) is 0 Å². The Bertz CT molecular complexity index is 1330. The number of rotatable bonds is 8. The Hall–Kier alpha value is -4.59. The smallest absolute Gasteiger partial charge is 0.261 e. The molecule has 0 bridgehead atoms. The second kappa shape index (κ2) is 12.1. The number of para-hydroxylation sites is 1. The number of nitrogens with zero attached hydrogens (tertiary/aromatic N) is 2. The molecule has 1 heterocycles. The van der Waals surface area contributed by atoms with Gasteiger partial charge in [0, 0.05) is 48.7 Å². The molecule has 0 saturated carbocycles. The van der Waals surface area contributed by atoms with Crippen molar-refractivity contribution in [1.82, 2.24) is 4.90 Å². The van der Waals surface area contributed by atoms with E-state index < -0.39 is 5.91 Å². The highest BCUT2D eigenvalue weighted by atomic mass is 16.5. The van der Waals surface area contributed by atoms with Crippen LogP contribution in [0.15, 0.2) is 78.4 Å². The normalized spacial score (nSPS) is 13.6. The minimum Gasteiger partial charge on any atom is -0.497 e. The molecule has 1 fully saturated rings. The maximum Gasteiger partial charge on any atom is 0.261 e. The molecular weight excluding hydrogens is 482 g/mol. The van der Waals surface area contributed by atoms with Crippen LogP contribution < -0.4 is 19.7 Å². The van der Waals surface area contributed by atoms with E-state index in [2.05, 4.69) is 10.2 Å². The van der Waals surface area contributed by atoms with Gasteiger partial charge in [0.15, 0.2) is 5.78 Å². The van der Waals surface area contributed by atoms with E-state index >= 15 is 0 Å². The number of carbonyl (C=O) groups is 3. The molecular formula is C30H31N3O5. The number of carbonyl (C=O) groups excluding carboxylic acids is 3. The van der Waals surface area contributed by atoms with Crippen molar-refractivity contribution in [1.29, 1.82) is 0 Å². The summed E-state index contributed by atoms with van der Waals surface area (Å²) in [5.74, 6) is 0.245. The van der Waals surface area contributed by atoms with Crippen LogP contribution in [0.3, 0.4) is 0 Å². The first-order chi connectivity index (χ1) is 18.4. The number of hydrogen-bond acceptors (Lipinski definition) is 6. The zero-order valence-electron chi connectivity index (χ0n) is 21.8. The predicted molar refractivity (Wildman–Crippen MR) is 148 cm³/mol. The zero-order chi connectivity index (χ0) is 27.1. The van der Waals surface area contributed by atoms with Gasteiger partial charge in [-0.15, -0.1) is 0 Å². The van der Waals surface area contributed by atoms with Gasteiger partial charge in [0.25, 0.3) is 11.8 Å². The second-order valence-electron chi connectivity index (χ2n) is 8.87. The first-order valence-corrected chi connectivity index (χ1v) is 12.3. The lowest BCUT2D eigenvalue weighted by atomic mass is 10.1. The summed E-state index contributed by atoms with van der Waals surface area (Å²) in [5.41, 5.74) is 2.80. The Morgan fingerprint density at radius 1 is 0.842 bits per heavy atom. The van der Waals surface area contributed by atoms with Crippen molar-refractivity contribution in [2.45, 2.75) is 6.92 Å². The van der Waals surface area contributed by atoms with E-state index in [0.717, 1.165) is 5.69 Å². The minimum absolute atomic E-state index is 0.000308. The minimum atomic E-state index is -0.506. The van der Waals surface area contributed by atoms with Crippen molar-refractivity contribution in [2.75, 3.05) is 50.6 Å². The zero-order valence-corrected chi connectivity index (χ0v) is 21.8. The van der Waals surface area contributed by atoms with Gasteiger partial charge in [-0.1, -0.05) is 18.2 Å². The molecule has 4 rings (SSSR count). The van der Waals surface area contributed by atoms with E-state index in [-0.39, 0.29) is 17.3 Å². The first-order valence-electron chi connectivity index (χ1n) is 12.3. The topological polar surface area (TPSA) is 88.2 Å². The number of amides is 2. The van der Waals surface area contributed by atoms with Crippen molar-refractivity contribution in [3.8, 4) is 11.5 Å². The quantitative estimate of drug-likeness (QED) is 0.209. The Morgan fingerprint density at radius 2 is 1.53 bits per heavy atom. The summed E-state index contributed by atoms with van der Waals surface area (Å²) in [4.78, 5) is 42.5. The van der Waals surface area contributed by atoms with Crippen LogP contribution in [0.25, 0.3) is 6.08 Å². The number of hydrogen-bond donors (Lipinski definition) is 1. The number of piperazine rings is 1. The molecule has 0 unspecified atom stereocenters. The number of ketones is 1. The fraction of sp³-hybridized carbons (Fsp3) is 0.233. The lowest BCUT2D eigenvalue weighted by Crippen LogP contribution is -2.50. The molecule has 1 aliphatic heterocycles. The van der Waals surface area contributed by atoms with Crippen molar-refractivity contribution in [3.05, 3.63) is 89.5 Å². The predicted octanol–water partition coefficient (Wildman–Crippen LogP) is 4.28. The average molecular weight is 514 g/mol. The lowest BCUT2D eigenvalue weighted by molar-refractivity contribution is -0.129. The van der Waals surface area contributed by atoms with Gasteiger partial charge in [-0.3, -0.25) is 14.4 Å². The van der Waals surface area contributed by atoms with Crippen LogP contribution in [-0.2, 0) is 9.59 Å². The van der Waals surface area contributed by atoms with Crippen LogP contribution in [-0.4, -0.2) is 62.9 Å². The van der Waals surface area contributed by atoms with Gasteiger partial charge in [0.1, 0.15) is 17.1 Å². The Kier molecular flexibility index (Phi) is 8.43. The van der Waals surface area contributed by atoms with E-state index in [0.29, 0.717) is 54.5 Å². The van der Waals surface area contributed by atoms with Crippen LogP contribution >= 0.6 is 0 Å². The Balaban J connectivity index is 1.57. The third-order valence-electron chi connectivity index (χ3n) is 6.45. The summed E-state index contributed by atoms with van der Waals surface area (Å²) in [6.45, 7) is 3.62. The number of Topliss-reactive ketones (excluding diaryl/α,β-unsaturated/α-hetero) is 1. The van der Waals surface area contributed by atoms with Gasteiger partial charge in [0.05, 0.1) is 14.2 Å². The van der Waals surface area contributed by atoms with E-state index in [9.17, 15) is 14.4 Å². The molecule has 196 valence electrons. The van der Waals surface area contributed by atoms with Crippen molar-refractivity contribution in [2.24, 2.45) is 0 Å². The number of anilines is 2. The van der Waals surface area contributed by atoms with Gasteiger partial charge in [-0.2, -0.15) is 0 Å². The molecule has 0 aliphatic carbocycles. The molecule has 38 heavy (non-hydrogen) atoms. The van der Waals surface area contributed by atoms with Crippen molar-refractivity contribution >= 4 is 35.0 Å². The van der Waals surface area contributed by atoms with Gasteiger partial charge < -0.3 is 24.6 Å². The van der Waals surface area contributed by atoms with Gasteiger partial charge in [-0.25, -0.2) is 0 Å². The van der Waals surface area contributed by atoms with Crippen LogP contribution in [0, 0.1) is 0 Å². The molecule has 0 aromatic heterocycles. The lowest BCUT2D eigenvalue weighted by Gasteiger charge is -2.36. The van der Waals surface area contributed by atoms with Gasteiger partial charge >= 0.3 is 0 Å². The maximum atomic E-state index is 13.7. The summed E-state index contributed by atoms with van der Waals surface area (Å²) >= 11 is 0. The Morgan fingerprint density at radius 3 is 2.13 bits per heavy atom. The van der Waals surface area contributed by atoms with Crippen molar-refractivity contribution < 1.29 is 23.9 Å². The molecule has 0 atom stereocenters. The average Bonchev–Trinajstić information content (AvgIpc) is 2.96. The third-order valence-corrected chi connectivity index (χ3v) is 6.45. The Labute approximate surface area is 222 Å². The summed E-state index contributed by atoms with van der Waals surface area (Å²) in [6.07, 6.45) is 1.55. The van der Waals surface area contributed by atoms with E-state index in [1.54, 1.807) is 55.3 Å². The van der Waals surface area contributed by atoms with Crippen LogP contribution in [0.4, 0.5) is 11.4 Å². The number of nitrogens with one attached hydrogen (secondary N) is 1. The maximum absolute atomic E-state index is 13.7. The van der Waals surface area contributed by atoms with Crippen LogP contribution in [0.2, 0.25) is 0 Å². The summed E-state index contributed by atoms with van der Waals surface area (Å²) in [5, 5.41) is 2.83. The molecule has 1 N–H and O–H groups in total. The van der Waals surface area contributed by atoms with Crippen LogP contribution in [0.5, 0.6) is 11.5 Å². The van der Waals surface area contributed by atoms with Gasteiger partial charge in [-0.05, 0) is 67.6 Å². The highest BCUT2D eigenvalue weighted by Gasteiger charge is 2.28. The molecule has 8 nitrogen and oxygen atoms in total. The summed E-state index contributed by atoms with van der Waals surface area (Å²) < 4.78 is 10.8. The van der Waals surface area contributed by atoms with E-state index in [1.807, 2.05) is 42.5 Å². The molecule has 0 radical (unpaired) electrons. The van der Waals surface area contributed by atoms with E-state index in [1.165, 1.54) is 7.11 Å². The SMILES string of the molecule is COc1ccc(OC)c(/C=C(\C(=O)Nc2ccccc2)C(=O)N2CCN(c3ccc(C(C)=O)cc3)CC2)c1. The third kappa shape index (κ3) is 6.21. The molecule has 8 heteroatoms. The standard InChI is InChI=1S/C30H31N3O5/c1-21(34)22-9-11-25(12-10-22)32-15-17-33(18-16-32)30(36)27(29(35)31-24-7-5-4-6-8-24)20-23-19-26(37-2)13-14-28(23)38-3/h4-14,19-20H,15-18H2,1-3H3,(H,31,35)/b27-20+. The monoisotopic (exact) mass is 513 g/mol.